The molecule has 3 aliphatic rings. The second-order valence-electron chi connectivity index (χ2n) is 14.2. The van der Waals surface area contributed by atoms with Crippen LogP contribution in [0, 0.1) is 19.8 Å². The Bertz CT molecular complexity index is 1580. The highest BCUT2D eigenvalue weighted by Gasteiger charge is 2.27. The second-order valence-corrected chi connectivity index (χ2v) is 14.2. The summed E-state index contributed by atoms with van der Waals surface area (Å²) in [5.74, 6) is 3.34. The van der Waals surface area contributed by atoms with E-state index in [1.165, 1.54) is 23.2 Å². The summed E-state index contributed by atoms with van der Waals surface area (Å²) in [5, 5.41) is 15.2. The number of hydrogen-bond donors (Lipinski definition) is 3. The number of nitrogens with two attached hydrogens (primary N) is 1. The monoisotopic (exact) mass is 702 g/mol. The number of benzene rings is 1. The summed E-state index contributed by atoms with van der Waals surface area (Å²) >= 11 is 0. The van der Waals surface area contributed by atoms with E-state index >= 15 is 0 Å². The Kier molecular flexibility index (Phi) is 13.7. The largest absolute Gasteiger partial charge is 0.496 e. The van der Waals surface area contributed by atoms with Gasteiger partial charge in [-0.2, -0.15) is 5.10 Å². The second kappa shape index (κ2) is 18.4. The zero-order valence-corrected chi connectivity index (χ0v) is 31.1. The Labute approximate surface area is 303 Å². The highest BCUT2D eigenvalue weighted by molar-refractivity contribution is 5.76. The van der Waals surface area contributed by atoms with Crippen molar-refractivity contribution in [3.8, 4) is 11.4 Å². The third kappa shape index (κ3) is 9.79. The Balaban J connectivity index is 0.00000162. The molecule has 12 heteroatoms. The van der Waals surface area contributed by atoms with Crippen molar-refractivity contribution >= 4 is 23.9 Å². The zero-order valence-electron chi connectivity index (χ0n) is 31.1. The molecule has 3 aliphatic heterocycles. The smallest absolute Gasteiger partial charge is 0.290 e. The van der Waals surface area contributed by atoms with Crippen LogP contribution in [0.4, 0.5) is 11.5 Å². The van der Waals surface area contributed by atoms with Crippen LogP contribution in [0.15, 0.2) is 30.3 Å². The lowest BCUT2D eigenvalue weighted by Crippen LogP contribution is -2.48. The van der Waals surface area contributed by atoms with Gasteiger partial charge in [-0.15, -0.1) is 0 Å². The molecule has 4 N–H and O–H groups in total. The Morgan fingerprint density at radius 3 is 2.57 bits per heavy atom. The summed E-state index contributed by atoms with van der Waals surface area (Å²) in [4.78, 5) is 33.1. The van der Waals surface area contributed by atoms with E-state index in [9.17, 15) is 4.79 Å². The first-order valence-corrected chi connectivity index (χ1v) is 18.8. The highest BCUT2D eigenvalue weighted by Crippen LogP contribution is 2.34. The van der Waals surface area contributed by atoms with Crippen LogP contribution >= 0.6 is 0 Å². The number of carbonyl (C=O) groups excluding carboxylic acids is 1. The lowest BCUT2D eigenvalue weighted by atomic mass is 9.94. The van der Waals surface area contributed by atoms with Gasteiger partial charge in [0.05, 0.1) is 18.5 Å². The van der Waals surface area contributed by atoms with Gasteiger partial charge in [0, 0.05) is 80.9 Å². The predicted octanol–water partition coefficient (Wildman–Crippen LogP) is 4.79. The molecule has 0 aliphatic carbocycles. The number of carbonyl (C=O) groups is 2. The number of nitrogens with zero attached hydrogens (tertiary/aromatic N) is 6. The fraction of sp³-hybridized carbons (Fsp3) is 0.590. The maximum absolute atomic E-state index is 12.7. The molecule has 0 radical (unpaired) electrons. The van der Waals surface area contributed by atoms with Crippen molar-refractivity contribution in [2.75, 3.05) is 76.2 Å². The maximum atomic E-state index is 12.7. The van der Waals surface area contributed by atoms with Gasteiger partial charge < -0.3 is 35.6 Å². The minimum atomic E-state index is -0.250. The summed E-state index contributed by atoms with van der Waals surface area (Å²) in [6, 6.07) is 11.4. The van der Waals surface area contributed by atoms with E-state index in [2.05, 4.69) is 70.9 Å². The van der Waals surface area contributed by atoms with Crippen LogP contribution in [0.3, 0.4) is 0 Å². The number of anilines is 2. The number of amides is 1. The quantitative estimate of drug-likeness (QED) is 0.213. The Hall–Kier alpha value is -4.16. The molecule has 2 aromatic heterocycles. The third-order valence-electron chi connectivity index (χ3n) is 10.6. The van der Waals surface area contributed by atoms with Gasteiger partial charge in [-0.3, -0.25) is 9.59 Å². The van der Waals surface area contributed by atoms with Crippen LogP contribution in [0.25, 0.3) is 5.69 Å². The van der Waals surface area contributed by atoms with Gasteiger partial charge in [0.25, 0.3) is 6.47 Å². The molecule has 51 heavy (non-hydrogen) atoms. The summed E-state index contributed by atoms with van der Waals surface area (Å²) in [6.45, 7) is 14.3. The van der Waals surface area contributed by atoms with Crippen molar-refractivity contribution in [1.29, 1.82) is 0 Å². The maximum Gasteiger partial charge on any atom is 0.290 e. The number of rotatable bonds is 13. The SMILES string of the molecule is CCC(CN1CCC(CCc2cc(OC)c3c(n2)NCCC3)C1)c1cc(N2CCN(C(=O)CCCN)CC2)cc(-n2nc(C)cc2C)c1.O=CO. The lowest BCUT2D eigenvalue weighted by molar-refractivity contribution is -0.131. The van der Waals surface area contributed by atoms with Crippen molar-refractivity contribution in [2.45, 2.75) is 78.1 Å². The first kappa shape index (κ1) is 38.1. The molecular formula is C39H58N8O4. The van der Waals surface area contributed by atoms with Crippen molar-refractivity contribution in [3.05, 3.63) is 58.5 Å². The summed E-state index contributed by atoms with van der Waals surface area (Å²) in [5.41, 5.74) is 13.9. The number of aryl methyl sites for hydroxylation is 3. The molecule has 2 fully saturated rings. The van der Waals surface area contributed by atoms with Gasteiger partial charge in [0.15, 0.2) is 0 Å². The van der Waals surface area contributed by atoms with E-state index in [4.69, 9.17) is 30.5 Å². The topological polar surface area (TPSA) is 142 Å². The molecule has 12 nitrogen and oxygen atoms in total. The molecule has 0 saturated carbocycles. The molecule has 278 valence electrons. The van der Waals surface area contributed by atoms with Crippen LogP contribution in [0.1, 0.15) is 79.6 Å². The van der Waals surface area contributed by atoms with E-state index < -0.39 is 0 Å². The minimum absolute atomic E-state index is 0.225. The van der Waals surface area contributed by atoms with E-state index in [0.29, 0.717) is 24.8 Å². The molecule has 6 rings (SSSR count). The average Bonchev–Trinajstić information content (AvgIpc) is 3.75. The Morgan fingerprint density at radius 1 is 1.12 bits per heavy atom. The normalized spacial score (nSPS) is 18.0. The fourth-order valence-electron chi connectivity index (χ4n) is 7.89. The minimum Gasteiger partial charge on any atom is -0.496 e. The van der Waals surface area contributed by atoms with Crippen LogP contribution in [0.5, 0.6) is 5.75 Å². The number of fused-ring (bicyclic) bond motifs is 1. The molecule has 0 bridgehead atoms. The molecule has 0 spiro atoms. The van der Waals surface area contributed by atoms with Crippen molar-refractivity contribution < 1.29 is 19.4 Å². The van der Waals surface area contributed by atoms with Gasteiger partial charge in [-0.25, -0.2) is 9.67 Å². The molecule has 2 atom stereocenters. The third-order valence-corrected chi connectivity index (χ3v) is 10.6. The van der Waals surface area contributed by atoms with E-state index in [1.807, 2.05) is 4.90 Å². The summed E-state index contributed by atoms with van der Waals surface area (Å²) < 4.78 is 7.83. The predicted molar refractivity (Wildman–Crippen MR) is 202 cm³/mol. The van der Waals surface area contributed by atoms with Gasteiger partial charge >= 0.3 is 0 Å². The summed E-state index contributed by atoms with van der Waals surface area (Å²) in [7, 11) is 1.77. The van der Waals surface area contributed by atoms with Gasteiger partial charge in [0.1, 0.15) is 11.6 Å². The van der Waals surface area contributed by atoms with Crippen LogP contribution < -0.4 is 20.7 Å². The number of methoxy groups -OCH3 is 1. The zero-order chi connectivity index (χ0) is 36.3. The lowest BCUT2D eigenvalue weighted by Gasteiger charge is -2.37. The number of pyridine rings is 1. The number of nitrogens with one attached hydrogen (secondary N) is 1. The molecule has 1 aromatic carbocycles. The Morgan fingerprint density at radius 2 is 1.88 bits per heavy atom. The van der Waals surface area contributed by atoms with Crippen molar-refractivity contribution in [3.63, 3.8) is 0 Å². The molecule has 5 heterocycles. The van der Waals surface area contributed by atoms with Gasteiger partial charge in [-0.1, -0.05) is 6.92 Å². The fourth-order valence-corrected chi connectivity index (χ4v) is 7.89. The highest BCUT2D eigenvalue weighted by atomic mass is 16.5. The number of hydrogen-bond acceptors (Lipinski definition) is 9. The summed E-state index contributed by atoms with van der Waals surface area (Å²) in [6.07, 6.45) is 7.92. The molecule has 3 aromatic rings. The number of likely N-dealkylation sites (tertiary alicyclic amines) is 1. The first-order chi connectivity index (χ1) is 24.8. The van der Waals surface area contributed by atoms with E-state index in [0.717, 1.165) is 125 Å². The van der Waals surface area contributed by atoms with E-state index in [1.54, 1.807) is 7.11 Å². The standard InChI is InChI=1S/C38H56N8O2.CH2O2/c1-5-30(26-43-15-12-29(25-43)10-11-32-23-36(48-4)35-8-7-14-40-38(35)41-32)31-21-33(24-34(22-31)46-28(3)20-27(2)42-46)44-16-18-45(19-17-44)37(47)9-6-13-39;2-1-3/h20-24,29-30H,5-19,25-26,39H2,1-4H3,(H,40,41);1H,(H,2,3). The first-order valence-electron chi connectivity index (χ1n) is 18.8. The van der Waals surface area contributed by atoms with Crippen LogP contribution in [-0.4, -0.2) is 108 Å². The number of carboxylic acid groups (broad SMARTS) is 1. The average molecular weight is 703 g/mol. The molecule has 2 unspecified atom stereocenters. The van der Waals surface area contributed by atoms with E-state index in [-0.39, 0.29) is 12.4 Å². The van der Waals surface area contributed by atoms with Gasteiger partial charge in [0.2, 0.25) is 5.91 Å². The van der Waals surface area contributed by atoms with Crippen LogP contribution in [-0.2, 0) is 22.4 Å². The number of ether oxygens (including phenoxy) is 1. The van der Waals surface area contributed by atoms with Crippen molar-refractivity contribution in [2.24, 2.45) is 11.7 Å². The molecular weight excluding hydrogens is 644 g/mol. The molecule has 1 amide bonds. The van der Waals surface area contributed by atoms with Crippen LogP contribution in [0.2, 0.25) is 0 Å². The van der Waals surface area contributed by atoms with Gasteiger partial charge in [-0.05, 0) is 114 Å². The van der Waals surface area contributed by atoms with Crippen molar-refractivity contribution in [1.82, 2.24) is 24.6 Å². The number of aromatic nitrogens is 3. The molecule has 2 saturated heterocycles. The number of piperazine rings is 1.